The number of esters is 1. The fourth-order valence-corrected chi connectivity index (χ4v) is 5.28. The van der Waals surface area contributed by atoms with Gasteiger partial charge in [0.2, 0.25) is 0 Å². The highest BCUT2D eigenvalue weighted by atomic mass is 16.5. The molecule has 0 spiro atoms. The first-order chi connectivity index (χ1) is 20.7. The Balaban J connectivity index is 1.60. The molecule has 42 heavy (non-hydrogen) atoms. The maximum Gasteiger partial charge on any atom is 0.342 e. The van der Waals surface area contributed by atoms with Gasteiger partial charge in [-0.25, -0.2) is 4.79 Å². The second kappa shape index (κ2) is 20.6. The molecule has 0 bridgehead atoms. The summed E-state index contributed by atoms with van der Waals surface area (Å²) in [5, 5.41) is 0. The Labute approximate surface area is 254 Å². The number of unbranched alkanes of at least 4 members (excludes halogenated alkanes) is 12. The summed E-state index contributed by atoms with van der Waals surface area (Å²) in [5.41, 5.74) is 3.60. The average Bonchev–Trinajstić information content (AvgIpc) is 3.02. The number of benzene rings is 3. The zero-order chi connectivity index (χ0) is 29.7. The molecule has 0 amide bonds. The molecule has 4 nitrogen and oxygen atoms in total. The Hall–Kier alpha value is -3.27. The normalized spacial score (nSPS) is 10.9. The van der Waals surface area contributed by atoms with E-state index in [0.717, 1.165) is 36.0 Å². The molecule has 3 rings (SSSR count). The first kappa shape index (κ1) is 33.2. The van der Waals surface area contributed by atoms with Gasteiger partial charge in [-0.15, -0.1) is 0 Å². The van der Waals surface area contributed by atoms with Gasteiger partial charge < -0.3 is 14.2 Å². The molecule has 0 N–H and O–H groups in total. The first-order valence-corrected chi connectivity index (χ1v) is 16.4. The Kier molecular flexibility index (Phi) is 16.3. The Morgan fingerprint density at radius 1 is 0.595 bits per heavy atom. The lowest BCUT2D eigenvalue weighted by atomic mass is 9.98. The van der Waals surface area contributed by atoms with Crippen LogP contribution in [0.1, 0.15) is 124 Å². The van der Waals surface area contributed by atoms with Gasteiger partial charge in [-0.2, -0.15) is 0 Å². The second-order valence-corrected chi connectivity index (χ2v) is 11.2. The lowest BCUT2D eigenvalue weighted by molar-refractivity contribution is 0.0519. The zero-order valence-electron chi connectivity index (χ0n) is 26.1. The van der Waals surface area contributed by atoms with E-state index in [1.165, 1.54) is 70.6 Å². The Morgan fingerprint density at radius 2 is 1.10 bits per heavy atom. The van der Waals surface area contributed by atoms with Crippen LogP contribution in [0.3, 0.4) is 0 Å². The summed E-state index contributed by atoms with van der Waals surface area (Å²) in [6.07, 6.45) is 17.8. The van der Waals surface area contributed by atoms with Crippen LogP contribution < -0.4 is 9.47 Å². The van der Waals surface area contributed by atoms with Crippen LogP contribution in [0.5, 0.6) is 11.5 Å². The topological polar surface area (TPSA) is 44.8 Å². The van der Waals surface area contributed by atoms with Crippen LogP contribution in [0.25, 0.3) is 0 Å². The fraction of sp³-hybridized carbons (Fsp3) is 0.500. The van der Waals surface area contributed by atoms with E-state index in [1.54, 1.807) is 0 Å². The molecule has 3 aromatic carbocycles. The van der Waals surface area contributed by atoms with Crippen molar-refractivity contribution in [2.45, 2.75) is 117 Å². The van der Waals surface area contributed by atoms with E-state index in [4.69, 9.17) is 14.2 Å². The number of hydrogen-bond donors (Lipinski definition) is 0. The van der Waals surface area contributed by atoms with E-state index in [0.29, 0.717) is 36.9 Å². The molecule has 0 aromatic heterocycles. The molecule has 0 atom stereocenters. The van der Waals surface area contributed by atoms with Crippen LogP contribution >= 0.6 is 0 Å². The van der Waals surface area contributed by atoms with Gasteiger partial charge in [0, 0.05) is 6.07 Å². The molecular formula is C38H52O4. The molecule has 4 heteroatoms. The fourth-order valence-electron chi connectivity index (χ4n) is 5.28. The highest BCUT2D eigenvalue weighted by molar-refractivity contribution is 5.94. The molecule has 0 unspecified atom stereocenters. The van der Waals surface area contributed by atoms with Gasteiger partial charge >= 0.3 is 5.97 Å². The number of hydrogen-bond acceptors (Lipinski definition) is 4. The standard InChI is InChI=1S/C38H52O4/c1-3-5-6-7-8-9-10-11-12-13-14-15-22-27-34-28-35(41-30-32-23-18-16-19-24-32)29-36(37(34)38(39)40-4-2)42-31-33-25-20-17-21-26-33/h16-21,23-26,28-29H,3-15,22,27,30-31H2,1-2H3. The van der Waals surface area contributed by atoms with Gasteiger partial charge in [-0.3, -0.25) is 0 Å². The smallest absolute Gasteiger partial charge is 0.342 e. The summed E-state index contributed by atoms with van der Waals surface area (Å²) < 4.78 is 18.0. The van der Waals surface area contributed by atoms with Crippen molar-refractivity contribution in [1.29, 1.82) is 0 Å². The highest BCUT2D eigenvalue weighted by Crippen LogP contribution is 2.32. The molecule has 0 aliphatic rings. The lowest BCUT2D eigenvalue weighted by Gasteiger charge is -2.18. The second-order valence-electron chi connectivity index (χ2n) is 11.2. The van der Waals surface area contributed by atoms with Gasteiger partial charge in [-0.1, -0.05) is 145 Å². The number of carbonyl (C=O) groups excluding carboxylic acids is 1. The number of carbonyl (C=O) groups is 1. The maximum absolute atomic E-state index is 13.2. The number of aryl methyl sites for hydroxylation is 1. The zero-order valence-corrected chi connectivity index (χ0v) is 26.1. The van der Waals surface area contributed by atoms with E-state index >= 15 is 0 Å². The Bertz CT molecular complexity index is 1130. The number of rotatable bonds is 22. The van der Waals surface area contributed by atoms with E-state index in [1.807, 2.05) is 79.7 Å². The van der Waals surface area contributed by atoms with Crippen molar-refractivity contribution in [3.05, 3.63) is 95.1 Å². The van der Waals surface area contributed by atoms with Crippen LogP contribution in [0, 0.1) is 0 Å². The van der Waals surface area contributed by atoms with E-state index in [9.17, 15) is 4.79 Å². The van der Waals surface area contributed by atoms with E-state index < -0.39 is 0 Å². The minimum absolute atomic E-state index is 0.321. The summed E-state index contributed by atoms with van der Waals surface area (Å²) in [6.45, 7) is 5.26. The van der Waals surface area contributed by atoms with Crippen molar-refractivity contribution in [2.75, 3.05) is 6.61 Å². The third-order valence-electron chi connectivity index (χ3n) is 7.67. The van der Waals surface area contributed by atoms with Crippen molar-refractivity contribution >= 4 is 5.97 Å². The summed E-state index contributed by atoms with van der Waals surface area (Å²) >= 11 is 0. The van der Waals surface area contributed by atoms with Crippen LogP contribution in [-0.2, 0) is 24.4 Å². The van der Waals surface area contributed by atoms with Gasteiger partial charge in [0.05, 0.1) is 6.61 Å². The van der Waals surface area contributed by atoms with Gasteiger partial charge in [0.25, 0.3) is 0 Å². The largest absolute Gasteiger partial charge is 0.489 e. The van der Waals surface area contributed by atoms with Crippen LogP contribution in [0.2, 0.25) is 0 Å². The van der Waals surface area contributed by atoms with Crippen molar-refractivity contribution in [1.82, 2.24) is 0 Å². The third-order valence-corrected chi connectivity index (χ3v) is 7.67. The van der Waals surface area contributed by atoms with Gasteiger partial charge in [0.15, 0.2) is 0 Å². The van der Waals surface area contributed by atoms with E-state index in [2.05, 4.69) is 6.92 Å². The highest BCUT2D eigenvalue weighted by Gasteiger charge is 2.21. The van der Waals surface area contributed by atoms with Crippen LogP contribution in [0.15, 0.2) is 72.8 Å². The van der Waals surface area contributed by atoms with Crippen molar-refractivity contribution < 1.29 is 19.0 Å². The molecule has 0 aliphatic carbocycles. The van der Waals surface area contributed by atoms with Crippen LogP contribution in [0.4, 0.5) is 0 Å². The molecule has 0 saturated carbocycles. The van der Waals surface area contributed by atoms with Crippen LogP contribution in [-0.4, -0.2) is 12.6 Å². The molecule has 0 saturated heterocycles. The van der Waals surface area contributed by atoms with Gasteiger partial charge in [-0.05, 0) is 42.5 Å². The molecule has 0 fully saturated rings. The van der Waals surface area contributed by atoms with Crippen molar-refractivity contribution in [3.8, 4) is 11.5 Å². The minimum atomic E-state index is -0.333. The summed E-state index contributed by atoms with van der Waals surface area (Å²) in [7, 11) is 0. The van der Waals surface area contributed by atoms with Crippen molar-refractivity contribution in [2.24, 2.45) is 0 Å². The molecule has 0 heterocycles. The lowest BCUT2D eigenvalue weighted by Crippen LogP contribution is -2.12. The molecule has 0 aliphatic heterocycles. The van der Waals surface area contributed by atoms with Gasteiger partial charge in [0.1, 0.15) is 30.3 Å². The predicted molar refractivity (Wildman–Crippen MR) is 173 cm³/mol. The summed E-state index contributed by atoms with van der Waals surface area (Å²) in [4.78, 5) is 13.2. The molecule has 3 aromatic rings. The molecular weight excluding hydrogens is 520 g/mol. The molecule has 228 valence electrons. The first-order valence-electron chi connectivity index (χ1n) is 16.4. The number of ether oxygens (including phenoxy) is 3. The Morgan fingerprint density at radius 3 is 1.62 bits per heavy atom. The quantitative estimate of drug-likeness (QED) is 0.0887. The monoisotopic (exact) mass is 572 g/mol. The summed E-state index contributed by atoms with van der Waals surface area (Å²) in [6, 6.07) is 24.0. The van der Waals surface area contributed by atoms with E-state index in [-0.39, 0.29) is 5.97 Å². The predicted octanol–water partition coefficient (Wildman–Crippen LogP) is 10.7. The molecule has 0 radical (unpaired) electrons. The maximum atomic E-state index is 13.2. The minimum Gasteiger partial charge on any atom is -0.489 e. The van der Waals surface area contributed by atoms with Crippen molar-refractivity contribution in [3.63, 3.8) is 0 Å². The third kappa shape index (κ3) is 12.7. The SMILES string of the molecule is CCCCCCCCCCCCCCCc1cc(OCc2ccccc2)cc(OCc2ccccc2)c1C(=O)OCC. The summed E-state index contributed by atoms with van der Waals surface area (Å²) in [5.74, 6) is 0.895. The average molecular weight is 573 g/mol.